The van der Waals surface area contributed by atoms with Gasteiger partial charge < -0.3 is 5.11 Å². The fourth-order valence-corrected chi connectivity index (χ4v) is 2.36. The van der Waals surface area contributed by atoms with Crippen molar-refractivity contribution in [1.29, 1.82) is 0 Å². The highest BCUT2D eigenvalue weighted by molar-refractivity contribution is 5.89. The number of hydrogen-bond acceptors (Lipinski definition) is 2. The van der Waals surface area contributed by atoms with Gasteiger partial charge in [-0.05, 0) is 12.8 Å². The van der Waals surface area contributed by atoms with Crippen LogP contribution >= 0.6 is 0 Å². The van der Waals surface area contributed by atoms with Gasteiger partial charge in [0.2, 0.25) is 0 Å². The molecule has 2 atom stereocenters. The molecule has 1 rings (SSSR count). The summed E-state index contributed by atoms with van der Waals surface area (Å²) in [5.74, 6) is -1.22. The first-order chi connectivity index (χ1) is 7.16. The number of hydrogen-bond donors (Lipinski definition) is 1. The van der Waals surface area contributed by atoms with E-state index in [-0.39, 0.29) is 11.7 Å². The van der Waals surface area contributed by atoms with Gasteiger partial charge in [0, 0.05) is 12.3 Å². The summed E-state index contributed by atoms with van der Waals surface area (Å²) in [5.41, 5.74) is 0. The van der Waals surface area contributed by atoms with Crippen molar-refractivity contribution in [2.45, 2.75) is 51.9 Å². The van der Waals surface area contributed by atoms with E-state index in [0.29, 0.717) is 12.8 Å². The molecule has 15 heavy (non-hydrogen) atoms. The Balaban J connectivity index is 2.36. The van der Waals surface area contributed by atoms with E-state index in [0.717, 1.165) is 19.3 Å². The second-order valence-corrected chi connectivity index (χ2v) is 4.41. The van der Waals surface area contributed by atoms with Gasteiger partial charge in [-0.1, -0.05) is 32.6 Å². The molecule has 0 aromatic carbocycles. The summed E-state index contributed by atoms with van der Waals surface area (Å²) in [5, 5.41) is 8.95. The number of aliphatic carboxylic acids is 1. The van der Waals surface area contributed by atoms with Crippen LogP contribution in [-0.2, 0) is 9.59 Å². The smallest absolute Gasteiger partial charge is 0.307 e. The van der Waals surface area contributed by atoms with Crippen molar-refractivity contribution >= 4 is 11.8 Å². The van der Waals surface area contributed by atoms with E-state index in [9.17, 15) is 9.59 Å². The molecule has 1 aliphatic rings. The third-order valence-corrected chi connectivity index (χ3v) is 3.29. The number of Topliss-reactive ketones (excluding diaryl/α,β-unsaturated/α-hetero) is 1. The molecule has 0 amide bonds. The number of rotatable bonds is 6. The van der Waals surface area contributed by atoms with Gasteiger partial charge in [-0.3, -0.25) is 9.59 Å². The molecule has 1 saturated carbocycles. The number of carbonyl (C=O) groups excluding carboxylic acids is 1. The number of carbonyl (C=O) groups is 2. The molecule has 0 spiro atoms. The highest BCUT2D eigenvalue weighted by Gasteiger charge is 2.38. The van der Waals surface area contributed by atoms with Crippen molar-refractivity contribution in [2.75, 3.05) is 0 Å². The van der Waals surface area contributed by atoms with Crippen LogP contribution in [0.1, 0.15) is 51.9 Å². The van der Waals surface area contributed by atoms with Gasteiger partial charge in [0.25, 0.3) is 0 Å². The first kappa shape index (κ1) is 12.2. The zero-order valence-electron chi connectivity index (χ0n) is 9.37. The minimum atomic E-state index is -0.790. The van der Waals surface area contributed by atoms with Gasteiger partial charge in [0.1, 0.15) is 5.78 Å². The average Bonchev–Trinajstić information content (AvgIpc) is 2.55. The van der Waals surface area contributed by atoms with Crippen molar-refractivity contribution in [2.24, 2.45) is 11.8 Å². The Morgan fingerprint density at radius 1 is 1.40 bits per heavy atom. The van der Waals surface area contributed by atoms with Crippen LogP contribution in [0.5, 0.6) is 0 Å². The normalized spacial score (nSPS) is 25.8. The van der Waals surface area contributed by atoms with Crippen LogP contribution < -0.4 is 0 Å². The minimum absolute atomic E-state index is 0.166. The first-order valence-corrected chi connectivity index (χ1v) is 5.92. The summed E-state index contributed by atoms with van der Waals surface area (Å²) in [4.78, 5) is 22.4. The molecule has 0 bridgehead atoms. The third-order valence-electron chi connectivity index (χ3n) is 3.29. The molecule has 3 nitrogen and oxygen atoms in total. The lowest BCUT2D eigenvalue weighted by molar-refractivity contribution is -0.144. The predicted octanol–water partition coefficient (Wildman–Crippen LogP) is 2.64. The van der Waals surface area contributed by atoms with Crippen LogP contribution in [-0.4, -0.2) is 16.9 Å². The summed E-state index contributed by atoms with van der Waals surface area (Å²) in [6.07, 6.45) is 6.25. The van der Waals surface area contributed by atoms with E-state index in [1.165, 1.54) is 12.8 Å². The van der Waals surface area contributed by atoms with E-state index >= 15 is 0 Å². The molecule has 3 heteroatoms. The topological polar surface area (TPSA) is 54.4 Å². The Morgan fingerprint density at radius 2 is 2.13 bits per heavy atom. The lowest BCUT2D eigenvalue weighted by Gasteiger charge is -2.13. The predicted molar refractivity (Wildman–Crippen MR) is 57.6 cm³/mol. The maximum absolute atomic E-state index is 11.5. The van der Waals surface area contributed by atoms with Crippen LogP contribution in [0, 0.1) is 11.8 Å². The average molecular weight is 212 g/mol. The summed E-state index contributed by atoms with van der Waals surface area (Å²) in [7, 11) is 0. The highest BCUT2D eigenvalue weighted by atomic mass is 16.4. The summed E-state index contributed by atoms with van der Waals surface area (Å²) < 4.78 is 0. The fourth-order valence-electron chi connectivity index (χ4n) is 2.36. The van der Waals surface area contributed by atoms with E-state index in [1.807, 2.05) is 0 Å². The standard InChI is InChI=1S/C12H20O3/c1-2-3-4-5-6-9-10(12(14)15)7-8-11(9)13/h9-10H,2-8H2,1H3,(H,14,15)/t9-,10+/m0/s1. The van der Waals surface area contributed by atoms with Crippen LogP contribution in [0.4, 0.5) is 0 Å². The largest absolute Gasteiger partial charge is 0.481 e. The quantitative estimate of drug-likeness (QED) is 0.688. The maximum Gasteiger partial charge on any atom is 0.307 e. The molecule has 0 aliphatic heterocycles. The molecule has 0 heterocycles. The fraction of sp³-hybridized carbons (Fsp3) is 0.833. The molecule has 0 aromatic heterocycles. The molecule has 1 aliphatic carbocycles. The Kier molecular flexibility index (Phi) is 4.79. The molecule has 0 saturated heterocycles. The van der Waals surface area contributed by atoms with E-state index in [2.05, 4.69) is 6.92 Å². The Morgan fingerprint density at radius 3 is 2.73 bits per heavy atom. The molecule has 0 aromatic rings. The Hall–Kier alpha value is -0.860. The first-order valence-electron chi connectivity index (χ1n) is 5.92. The number of unbranched alkanes of at least 4 members (excludes halogenated alkanes) is 3. The zero-order valence-corrected chi connectivity index (χ0v) is 9.37. The van der Waals surface area contributed by atoms with Crippen molar-refractivity contribution in [3.05, 3.63) is 0 Å². The Labute approximate surface area is 90.9 Å². The monoisotopic (exact) mass is 212 g/mol. The molecule has 0 unspecified atom stereocenters. The number of ketones is 1. The number of carboxylic acid groups (broad SMARTS) is 1. The molecule has 1 N–H and O–H groups in total. The lowest BCUT2D eigenvalue weighted by Crippen LogP contribution is -2.22. The maximum atomic E-state index is 11.5. The van der Waals surface area contributed by atoms with Crippen LogP contribution in [0.3, 0.4) is 0 Å². The minimum Gasteiger partial charge on any atom is -0.481 e. The molecular formula is C12H20O3. The van der Waals surface area contributed by atoms with Crippen LogP contribution in [0.15, 0.2) is 0 Å². The molecule has 0 radical (unpaired) electrons. The molecule has 1 fully saturated rings. The van der Waals surface area contributed by atoms with E-state index in [4.69, 9.17) is 5.11 Å². The van der Waals surface area contributed by atoms with E-state index in [1.54, 1.807) is 0 Å². The summed E-state index contributed by atoms with van der Waals surface area (Å²) >= 11 is 0. The third kappa shape index (κ3) is 3.33. The second kappa shape index (κ2) is 5.89. The highest BCUT2D eigenvalue weighted by Crippen LogP contribution is 2.32. The van der Waals surface area contributed by atoms with Gasteiger partial charge in [-0.25, -0.2) is 0 Å². The molecule has 86 valence electrons. The Bertz CT molecular complexity index is 235. The van der Waals surface area contributed by atoms with Crippen molar-refractivity contribution in [1.82, 2.24) is 0 Å². The van der Waals surface area contributed by atoms with Gasteiger partial charge in [0.05, 0.1) is 5.92 Å². The summed E-state index contributed by atoms with van der Waals surface area (Å²) in [6, 6.07) is 0. The zero-order chi connectivity index (χ0) is 11.3. The van der Waals surface area contributed by atoms with Crippen molar-refractivity contribution in [3.8, 4) is 0 Å². The van der Waals surface area contributed by atoms with Crippen LogP contribution in [0.2, 0.25) is 0 Å². The number of carboxylic acids is 1. The molecular weight excluding hydrogens is 192 g/mol. The van der Waals surface area contributed by atoms with Crippen molar-refractivity contribution in [3.63, 3.8) is 0 Å². The SMILES string of the molecule is CCCCCC[C@@H]1C(=O)CC[C@H]1C(=O)O. The van der Waals surface area contributed by atoms with Gasteiger partial charge in [0.15, 0.2) is 0 Å². The second-order valence-electron chi connectivity index (χ2n) is 4.41. The lowest BCUT2D eigenvalue weighted by atomic mass is 9.90. The van der Waals surface area contributed by atoms with Crippen molar-refractivity contribution < 1.29 is 14.7 Å². The van der Waals surface area contributed by atoms with E-state index < -0.39 is 11.9 Å². The summed E-state index contributed by atoms with van der Waals surface area (Å²) in [6.45, 7) is 2.14. The van der Waals surface area contributed by atoms with Crippen LogP contribution in [0.25, 0.3) is 0 Å². The van der Waals surface area contributed by atoms with Gasteiger partial charge in [-0.15, -0.1) is 0 Å². The van der Waals surface area contributed by atoms with Gasteiger partial charge >= 0.3 is 5.97 Å². The van der Waals surface area contributed by atoms with Gasteiger partial charge in [-0.2, -0.15) is 0 Å².